The second kappa shape index (κ2) is 6.83. The Hall–Kier alpha value is -1.72. The summed E-state index contributed by atoms with van der Waals surface area (Å²) in [7, 11) is 1.62. The highest BCUT2D eigenvalue weighted by atomic mass is 16.5. The third kappa shape index (κ3) is 3.31. The van der Waals surface area contributed by atoms with Crippen molar-refractivity contribution in [1.29, 1.82) is 0 Å². The first-order valence-electron chi connectivity index (χ1n) is 7.10. The van der Waals surface area contributed by atoms with Gasteiger partial charge in [-0.05, 0) is 37.5 Å². The monoisotopic (exact) mass is 291 g/mol. The van der Waals surface area contributed by atoms with Gasteiger partial charge in [-0.15, -0.1) is 0 Å². The predicted octanol–water partition coefficient (Wildman–Crippen LogP) is 1.89. The van der Waals surface area contributed by atoms with Crippen molar-refractivity contribution < 1.29 is 19.1 Å². The van der Waals surface area contributed by atoms with Crippen LogP contribution in [-0.4, -0.2) is 45.2 Å². The van der Waals surface area contributed by atoms with Crippen molar-refractivity contribution in [2.24, 2.45) is 0 Å². The normalized spacial score (nSPS) is 14.0. The molecule has 2 rings (SSSR count). The number of hydrogen-bond acceptors (Lipinski definition) is 4. The first-order valence-corrected chi connectivity index (χ1v) is 7.10. The third-order valence-corrected chi connectivity index (χ3v) is 3.52. The minimum absolute atomic E-state index is 0.400. The maximum atomic E-state index is 12.1. The summed E-state index contributed by atoms with van der Waals surface area (Å²) in [4.78, 5) is 25.7. The van der Waals surface area contributed by atoms with Crippen LogP contribution in [0.15, 0.2) is 12.1 Å². The van der Waals surface area contributed by atoms with Crippen molar-refractivity contribution in [3.63, 3.8) is 0 Å². The van der Waals surface area contributed by atoms with Crippen LogP contribution in [0.4, 0.5) is 5.69 Å². The first-order chi connectivity index (χ1) is 10.1. The van der Waals surface area contributed by atoms with Crippen LogP contribution in [0.2, 0.25) is 0 Å². The van der Waals surface area contributed by atoms with Crippen molar-refractivity contribution in [3.8, 4) is 0 Å². The van der Waals surface area contributed by atoms with E-state index in [9.17, 15) is 9.59 Å². The zero-order chi connectivity index (χ0) is 15.4. The van der Waals surface area contributed by atoms with Gasteiger partial charge in [0.1, 0.15) is 0 Å². The fourth-order valence-electron chi connectivity index (χ4n) is 2.58. The molecule has 0 unspecified atom stereocenters. The smallest absolute Gasteiger partial charge is 0.299 e. The number of fused-ring (bicyclic) bond motifs is 1. The molecule has 1 heterocycles. The minimum atomic E-state index is -0.435. The average Bonchev–Trinajstić information content (AvgIpc) is 2.67. The number of amides is 1. The zero-order valence-corrected chi connectivity index (χ0v) is 12.8. The SMILES string of the molecule is COCCOCCCN1C(=O)C(=O)c2c(C)cc(C)cc21. The summed E-state index contributed by atoms with van der Waals surface area (Å²) in [5.74, 6) is -0.835. The highest BCUT2D eigenvalue weighted by Crippen LogP contribution is 2.32. The first kappa shape index (κ1) is 15.7. The molecule has 0 atom stereocenters. The minimum Gasteiger partial charge on any atom is -0.382 e. The predicted molar refractivity (Wildman–Crippen MR) is 79.9 cm³/mol. The summed E-state index contributed by atoms with van der Waals surface area (Å²) in [6, 6.07) is 3.83. The van der Waals surface area contributed by atoms with Crippen molar-refractivity contribution >= 4 is 17.4 Å². The lowest BCUT2D eigenvalue weighted by atomic mass is 10.0. The molecule has 1 aromatic rings. The number of rotatable bonds is 7. The maximum Gasteiger partial charge on any atom is 0.299 e. The zero-order valence-electron chi connectivity index (χ0n) is 12.8. The second-order valence-electron chi connectivity index (χ2n) is 5.22. The summed E-state index contributed by atoms with van der Waals surface area (Å²) in [6.07, 6.45) is 0.690. The fraction of sp³-hybridized carbons (Fsp3) is 0.500. The molecule has 1 amide bonds. The van der Waals surface area contributed by atoms with Gasteiger partial charge in [-0.25, -0.2) is 0 Å². The Labute approximate surface area is 124 Å². The number of aryl methyl sites for hydroxylation is 2. The molecule has 0 radical (unpaired) electrons. The van der Waals surface area contributed by atoms with Gasteiger partial charge < -0.3 is 14.4 Å². The van der Waals surface area contributed by atoms with E-state index in [4.69, 9.17) is 9.47 Å². The van der Waals surface area contributed by atoms with E-state index in [1.165, 1.54) is 0 Å². The Morgan fingerprint density at radius 2 is 1.86 bits per heavy atom. The molecular formula is C16H21NO4. The molecule has 0 aliphatic carbocycles. The largest absolute Gasteiger partial charge is 0.382 e. The highest BCUT2D eigenvalue weighted by Gasteiger charge is 2.36. The van der Waals surface area contributed by atoms with E-state index in [2.05, 4.69) is 0 Å². The lowest BCUT2D eigenvalue weighted by Crippen LogP contribution is -2.31. The number of hydrogen-bond donors (Lipinski definition) is 0. The Morgan fingerprint density at radius 3 is 2.57 bits per heavy atom. The number of benzene rings is 1. The number of carbonyl (C=O) groups excluding carboxylic acids is 2. The number of Topliss-reactive ketones (excluding diaryl/α,β-unsaturated/α-hetero) is 1. The van der Waals surface area contributed by atoms with Gasteiger partial charge in [0.25, 0.3) is 11.7 Å². The van der Waals surface area contributed by atoms with Gasteiger partial charge in [0.05, 0.1) is 24.5 Å². The maximum absolute atomic E-state index is 12.1. The molecule has 114 valence electrons. The molecule has 0 aromatic heterocycles. The molecular weight excluding hydrogens is 270 g/mol. The van der Waals surface area contributed by atoms with Gasteiger partial charge in [-0.3, -0.25) is 9.59 Å². The molecule has 1 aliphatic heterocycles. The number of carbonyl (C=O) groups is 2. The number of methoxy groups -OCH3 is 1. The Bertz CT molecular complexity index is 553. The van der Waals surface area contributed by atoms with Gasteiger partial charge in [-0.1, -0.05) is 6.07 Å². The van der Waals surface area contributed by atoms with Gasteiger partial charge >= 0.3 is 0 Å². The summed E-state index contributed by atoms with van der Waals surface area (Å²) in [5.41, 5.74) is 3.20. The van der Waals surface area contributed by atoms with Gasteiger partial charge in [-0.2, -0.15) is 0 Å². The Morgan fingerprint density at radius 1 is 1.10 bits per heavy atom. The van der Waals surface area contributed by atoms with E-state index >= 15 is 0 Å². The van der Waals surface area contributed by atoms with E-state index in [1.54, 1.807) is 12.0 Å². The summed E-state index contributed by atoms with van der Waals surface area (Å²) in [5, 5.41) is 0. The van der Waals surface area contributed by atoms with Crippen LogP contribution in [0.5, 0.6) is 0 Å². The second-order valence-corrected chi connectivity index (χ2v) is 5.22. The molecule has 1 aliphatic rings. The molecule has 0 spiro atoms. The van der Waals surface area contributed by atoms with Crippen LogP contribution in [0, 0.1) is 13.8 Å². The standard InChI is InChI=1S/C16H21NO4/c1-11-9-12(2)14-13(10-11)17(16(19)15(14)18)5-4-6-21-8-7-20-3/h9-10H,4-8H2,1-3H3. The number of nitrogens with zero attached hydrogens (tertiary/aromatic N) is 1. The Balaban J connectivity index is 2.02. The molecule has 1 aromatic carbocycles. The number of ether oxygens (including phenoxy) is 2. The molecule has 0 saturated carbocycles. The van der Waals surface area contributed by atoms with Crippen molar-refractivity contribution in [2.75, 3.05) is 38.4 Å². The molecule has 0 bridgehead atoms. The van der Waals surface area contributed by atoms with E-state index < -0.39 is 11.7 Å². The quantitative estimate of drug-likeness (QED) is 0.568. The van der Waals surface area contributed by atoms with Crippen molar-refractivity contribution in [3.05, 3.63) is 28.8 Å². The van der Waals surface area contributed by atoms with E-state index in [0.29, 0.717) is 38.3 Å². The van der Waals surface area contributed by atoms with Crippen LogP contribution in [-0.2, 0) is 14.3 Å². The fourth-order valence-corrected chi connectivity index (χ4v) is 2.58. The third-order valence-electron chi connectivity index (χ3n) is 3.52. The number of anilines is 1. The van der Waals surface area contributed by atoms with E-state index in [1.807, 2.05) is 26.0 Å². The lowest BCUT2D eigenvalue weighted by Gasteiger charge is -2.17. The highest BCUT2D eigenvalue weighted by molar-refractivity contribution is 6.52. The van der Waals surface area contributed by atoms with Crippen LogP contribution >= 0.6 is 0 Å². The molecule has 5 nitrogen and oxygen atoms in total. The lowest BCUT2D eigenvalue weighted by molar-refractivity contribution is -0.114. The average molecular weight is 291 g/mol. The van der Waals surface area contributed by atoms with Gasteiger partial charge in [0, 0.05) is 20.3 Å². The molecule has 0 saturated heterocycles. The summed E-state index contributed by atoms with van der Waals surface area (Å²) < 4.78 is 10.3. The molecule has 5 heteroatoms. The summed E-state index contributed by atoms with van der Waals surface area (Å²) >= 11 is 0. The van der Waals surface area contributed by atoms with Crippen LogP contribution in [0.1, 0.15) is 27.9 Å². The molecule has 0 N–H and O–H groups in total. The summed E-state index contributed by atoms with van der Waals surface area (Å²) in [6.45, 7) is 5.97. The van der Waals surface area contributed by atoms with Crippen LogP contribution in [0.25, 0.3) is 0 Å². The van der Waals surface area contributed by atoms with Crippen molar-refractivity contribution in [2.45, 2.75) is 20.3 Å². The van der Waals surface area contributed by atoms with Gasteiger partial charge in [0.2, 0.25) is 0 Å². The van der Waals surface area contributed by atoms with E-state index in [0.717, 1.165) is 16.8 Å². The molecule has 21 heavy (non-hydrogen) atoms. The topological polar surface area (TPSA) is 55.8 Å². The van der Waals surface area contributed by atoms with Gasteiger partial charge in [0.15, 0.2) is 0 Å². The molecule has 0 fully saturated rings. The Kier molecular flexibility index (Phi) is 5.09. The van der Waals surface area contributed by atoms with Crippen LogP contribution in [0.3, 0.4) is 0 Å². The van der Waals surface area contributed by atoms with Crippen molar-refractivity contribution in [1.82, 2.24) is 0 Å². The van der Waals surface area contributed by atoms with Crippen LogP contribution < -0.4 is 4.90 Å². The number of ketones is 1. The van der Waals surface area contributed by atoms with E-state index in [-0.39, 0.29) is 0 Å².